The van der Waals surface area contributed by atoms with Gasteiger partial charge in [-0.1, -0.05) is 39.1 Å². The van der Waals surface area contributed by atoms with E-state index in [-0.39, 0.29) is 10.7 Å². The number of benzene rings is 2. The summed E-state index contributed by atoms with van der Waals surface area (Å²) in [6.07, 6.45) is 0. The van der Waals surface area contributed by atoms with E-state index in [2.05, 4.69) is 15.9 Å². The summed E-state index contributed by atoms with van der Waals surface area (Å²) in [5, 5.41) is -0.971. The van der Waals surface area contributed by atoms with E-state index in [1.165, 1.54) is 12.1 Å². The van der Waals surface area contributed by atoms with Gasteiger partial charge in [0.25, 0.3) is 10.0 Å². The lowest BCUT2D eigenvalue weighted by atomic mass is 10.3. The number of nitrogens with one attached hydrogen (secondary N) is 1. The third-order valence-corrected chi connectivity index (χ3v) is 5.14. The zero-order chi connectivity index (χ0) is 15.8. The summed E-state index contributed by atoms with van der Waals surface area (Å²) in [5.41, 5.74) is -0.287. The van der Waals surface area contributed by atoms with Gasteiger partial charge in [0.05, 0.1) is 15.7 Å². The van der Waals surface area contributed by atoms with Gasteiger partial charge in [-0.15, -0.1) is 0 Å². The monoisotopic (exact) mass is 415 g/mol. The minimum Gasteiger partial charge on any atom is -0.277 e. The zero-order valence-corrected chi connectivity index (χ0v) is 13.9. The highest BCUT2D eigenvalue weighted by molar-refractivity contribution is 9.10. The number of hydrogen-bond donors (Lipinski definition) is 1. The van der Waals surface area contributed by atoms with Crippen molar-refractivity contribution in [2.45, 2.75) is 4.90 Å². The van der Waals surface area contributed by atoms with Crippen LogP contribution in [0.15, 0.2) is 39.7 Å². The van der Waals surface area contributed by atoms with E-state index in [1.54, 1.807) is 0 Å². The van der Waals surface area contributed by atoms with E-state index in [0.29, 0.717) is 4.47 Å². The normalized spacial score (nSPS) is 11.5. The Labute approximate surface area is 138 Å². The first-order chi connectivity index (χ1) is 9.72. The quantitative estimate of drug-likeness (QED) is 0.728. The number of halogens is 5. The van der Waals surface area contributed by atoms with Crippen LogP contribution in [0.1, 0.15) is 0 Å². The molecule has 0 saturated carbocycles. The van der Waals surface area contributed by atoms with Gasteiger partial charge in [-0.05, 0) is 30.3 Å². The van der Waals surface area contributed by atoms with Gasteiger partial charge >= 0.3 is 0 Å². The van der Waals surface area contributed by atoms with Crippen LogP contribution in [0.3, 0.4) is 0 Å². The third kappa shape index (κ3) is 3.48. The first kappa shape index (κ1) is 16.5. The molecule has 0 unspecified atom stereocenters. The molecule has 0 aliphatic carbocycles. The van der Waals surface area contributed by atoms with Gasteiger partial charge in [0, 0.05) is 4.47 Å². The van der Waals surface area contributed by atoms with E-state index >= 15 is 0 Å². The number of sulfonamides is 1. The maximum absolute atomic E-state index is 13.7. The number of hydrogen-bond acceptors (Lipinski definition) is 2. The molecule has 0 radical (unpaired) electrons. The Morgan fingerprint density at radius 1 is 1.10 bits per heavy atom. The van der Waals surface area contributed by atoms with Crippen LogP contribution in [-0.4, -0.2) is 8.42 Å². The molecule has 0 fully saturated rings. The van der Waals surface area contributed by atoms with Crippen LogP contribution >= 0.6 is 39.1 Å². The smallest absolute Gasteiger partial charge is 0.263 e. The molecule has 2 rings (SSSR count). The summed E-state index contributed by atoms with van der Waals surface area (Å²) in [7, 11) is -4.25. The molecule has 3 nitrogen and oxygen atoms in total. The molecule has 112 valence electrons. The molecule has 0 aliphatic rings. The van der Waals surface area contributed by atoms with E-state index in [9.17, 15) is 17.2 Å². The predicted molar refractivity (Wildman–Crippen MR) is 81.3 cm³/mol. The van der Waals surface area contributed by atoms with Crippen LogP contribution in [0.5, 0.6) is 0 Å². The Balaban J connectivity index is 2.46. The minimum atomic E-state index is -4.25. The molecule has 0 heterocycles. The molecule has 9 heteroatoms. The fourth-order valence-corrected chi connectivity index (χ4v) is 3.63. The predicted octanol–water partition coefficient (Wildman–Crippen LogP) is 4.83. The second kappa shape index (κ2) is 6.08. The van der Waals surface area contributed by atoms with Crippen molar-refractivity contribution in [3.63, 3.8) is 0 Å². The lowest BCUT2D eigenvalue weighted by Crippen LogP contribution is -2.15. The van der Waals surface area contributed by atoms with Crippen molar-refractivity contribution in [3.8, 4) is 0 Å². The van der Waals surface area contributed by atoms with Crippen LogP contribution in [0.25, 0.3) is 0 Å². The molecule has 0 spiro atoms. The summed E-state index contributed by atoms with van der Waals surface area (Å²) < 4.78 is 53.9. The van der Waals surface area contributed by atoms with Crippen molar-refractivity contribution in [1.82, 2.24) is 0 Å². The summed E-state index contributed by atoms with van der Waals surface area (Å²) >= 11 is 14.2. The van der Waals surface area contributed by atoms with E-state index in [4.69, 9.17) is 23.2 Å². The Kier molecular flexibility index (Phi) is 4.77. The van der Waals surface area contributed by atoms with Crippen LogP contribution in [-0.2, 0) is 10.0 Å². The molecule has 0 aliphatic heterocycles. The van der Waals surface area contributed by atoms with Gasteiger partial charge in [-0.25, -0.2) is 17.2 Å². The van der Waals surface area contributed by atoms with Gasteiger partial charge in [-0.2, -0.15) is 0 Å². The number of anilines is 1. The van der Waals surface area contributed by atoms with E-state index in [1.807, 2.05) is 4.72 Å². The largest absolute Gasteiger partial charge is 0.277 e. The molecular formula is C12H6BrCl2F2NO2S. The third-order valence-electron chi connectivity index (χ3n) is 2.46. The molecule has 0 saturated heterocycles. The van der Waals surface area contributed by atoms with Gasteiger partial charge in [0.2, 0.25) is 0 Å². The van der Waals surface area contributed by atoms with Gasteiger partial charge in [-0.3, -0.25) is 4.72 Å². The Bertz CT molecular complexity index is 815. The number of rotatable bonds is 3. The molecule has 0 amide bonds. The summed E-state index contributed by atoms with van der Waals surface area (Å²) in [6, 6.07) is 5.84. The second-order valence-corrected chi connectivity index (χ2v) is 7.25. The molecule has 0 bridgehead atoms. The van der Waals surface area contributed by atoms with Gasteiger partial charge in [0.1, 0.15) is 10.7 Å². The zero-order valence-electron chi connectivity index (χ0n) is 10.0. The second-order valence-electron chi connectivity index (χ2n) is 3.90. The van der Waals surface area contributed by atoms with Crippen molar-refractivity contribution >= 4 is 54.8 Å². The highest BCUT2D eigenvalue weighted by Gasteiger charge is 2.23. The highest BCUT2D eigenvalue weighted by atomic mass is 79.9. The lowest BCUT2D eigenvalue weighted by molar-refractivity contribution is 0.593. The molecule has 0 aromatic heterocycles. The standard InChI is InChI=1S/C12H6BrCl2F2NO2S/c13-6-1-3-9(8(16)5-6)18-21(19,20)10-4-2-7(14)12(17)11(10)15/h1-5,18H. The fraction of sp³-hybridized carbons (Fsp3) is 0. The van der Waals surface area contributed by atoms with Crippen molar-refractivity contribution in [3.05, 3.63) is 56.5 Å². The summed E-state index contributed by atoms with van der Waals surface area (Å²) in [6.45, 7) is 0. The molecule has 21 heavy (non-hydrogen) atoms. The Morgan fingerprint density at radius 3 is 2.38 bits per heavy atom. The summed E-state index contributed by atoms with van der Waals surface area (Å²) in [5.74, 6) is -1.85. The average molecular weight is 417 g/mol. The highest BCUT2D eigenvalue weighted by Crippen LogP contribution is 2.31. The van der Waals surface area contributed by atoms with Gasteiger partial charge in [0.15, 0.2) is 5.82 Å². The van der Waals surface area contributed by atoms with Crippen LogP contribution in [0.4, 0.5) is 14.5 Å². The van der Waals surface area contributed by atoms with E-state index in [0.717, 1.165) is 18.2 Å². The van der Waals surface area contributed by atoms with Crippen molar-refractivity contribution in [2.24, 2.45) is 0 Å². The Morgan fingerprint density at radius 2 is 1.76 bits per heavy atom. The average Bonchev–Trinajstić information content (AvgIpc) is 2.39. The minimum absolute atomic E-state index is 0.287. The molecule has 2 aromatic rings. The van der Waals surface area contributed by atoms with Gasteiger partial charge < -0.3 is 0 Å². The van der Waals surface area contributed by atoms with Crippen LogP contribution < -0.4 is 4.72 Å². The molecule has 2 aromatic carbocycles. The van der Waals surface area contributed by atoms with Crippen molar-refractivity contribution in [1.29, 1.82) is 0 Å². The molecular weight excluding hydrogens is 411 g/mol. The molecule has 0 atom stereocenters. The fourth-order valence-electron chi connectivity index (χ4n) is 1.49. The topological polar surface area (TPSA) is 46.2 Å². The van der Waals surface area contributed by atoms with E-state index < -0.39 is 31.6 Å². The first-order valence-electron chi connectivity index (χ1n) is 5.34. The van der Waals surface area contributed by atoms with Crippen molar-refractivity contribution < 1.29 is 17.2 Å². The first-order valence-corrected chi connectivity index (χ1v) is 8.37. The summed E-state index contributed by atoms with van der Waals surface area (Å²) in [4.78, 5) is -0.534. The Hall–Kier alpha value is -0.890. The van der Waals surface area contributed by atoms with Crippen molar-refractivity contribution in [2.75, 3.05) is 4.72 Å². The SMILES string of the molecule is O=S(=O)(Nc1ccc(Br)cc1F)c1ccc(Cl)c(F)c1Cl. The lowest BCUT2D eigenvalue weighted by Gasteiger charge is -2.11. The van der Waals surface area contributed by atoms with Crippen LogP contribution in [0.2, 0.25) is 10.0 Å². The molecule has 1 N–H and O–H groups in total. The maximum atomic E-state index is 13.7. The van der Waals surface area contributed by atoms with Crippen LogP contribution in [0, 0.1) is 11.6 Å². The maximum Gasteiger partial charge on any atom is 0.263 e.